The third-order valence-electron chi connectivity index (χ3n) is 5.00. The van der Waals surface area contributed by atoms with Crippen LogP contribution in [0.5, 0.6) is 5.75 Å². The number of rotatable bonds is 6. The SMILES string of the molecule is CCn1cncc1CNC(=O)CC1COc2ccc(C(=O)N(C)C)cc2N1C. The number of aromatic nitrogens is 2. The van der Waals surface area contributed by atoms with Crippen molar-refractivity contribution in [1.82, 2.24) is 19.8 Å². The standard InChI is InChI=1S/C20H27N5O3/c1-5-25-13-21-10-16(25)11-22-19(26)9-15-12-28-18-7-6-14(20(27)23(2)3)8-17(18)24(15)4/h6-8,10,13,15H,5,9,11-12H2,1-4H3,(H,22,26). The van der Waals surface area contributed by atoms with Gasteiger partial charge in [-0.15, -0.1) is 0 Å². The van der Waals surface area contributed by atoms with E-state index in [1.807, 2.05) is 35.6 Å². The predicted molar refractivity (Wildman–Crippen MR) is 107 cm³/mol. The predicted octanol–water partition coefficient (Wildman–Crippen LogP) is 1.51. The zero-order valence-corrected chi connectivity index (χ0v) is 16.8. The maximum absolute atomic E-state index is 12.4. The fraction of sp³-hybridized carbons (Fsp3) is 0.450. The van der Waals surface area contributed by atoms with Crippen LogP contribution in [0.2, 0.25) is 0 Å². The minimum atomic E-state index is -0.103. The number of benzene rings is 1. The summed E-state index contributed by atoms with van der Waals surface area (Å²) < 4.78 is 7.82. The van der Waals surface area contributed by atoms with Crippen molar-refractivity contribution in [3.63, 3.8) is 0 Å². The van der Waals surface area contributed by atoms with Crippen molar-refractivity contribution in [1.29, 1.82) is 0 Å². The molecule has 0 saturated heterocycles. The van der Waals surface area contributed by atoms with Crippen molar-refractivity contribution < 1.29 is 14.3 Å². The summed E-state index contributed by atoms with van der Waals surface area (Å²) in [7, 11) is 5.37. The van der Waals surface area contributed by atoms with Gasteiger partial charge < -0.3 is 24.4 Å². The number of hydrogen-bond donors (Lipinski definition) is 1. The second-order valence-corrected chi connectivity index (χ2v) is 7.11. The molecule has 2 aromatic rings. The summed E-state index contributed by atoms with van der Waals surface area (Å²) in [5.74, 6) is 0.609. The van der Waals surface area contributed by atoms with E-state index in [1.165, 1.54) is 4.90 Å². The lowest BCUT2D eigenvalue weighted by Gasteiger charge is -2.35. The number of imidazole rings is 1. The fourth-order valence-electron chi connectivity index (χ4n) is 3.25. The molecular weight excluding hydrogens is 358 g/mol. The molecule has 1 aliphatic rings. The lowest BCUT2D eigenvalue weighted by molar-refractivity contribution is -0.121. The van der Waals surface area contributed by atoms with Crippen molar-refractivity contribution in [2.45, 2.75) is 32.5 Å². The minimum Gasteiger partial charge on any atom is -0.489 e. The molecule has 1 N–H and O–H groups in total. The van der Waals surface area contributed by atoms with Crippen molar-refractivity contribution in [2.24, 2.45) is 0 Å². The zero-order chi connectivity index (χ0) is 20.3. The largest absolute Gasteiger partial charge is 0.489 e. The summed E-state index contributed by atoms with van der Waals surface area (Å²) in [4.78, 5) is 32.4. The van der Waals surface area contributed by atoms with Crippen LogP contribution in [-0.4, -0.2) is 60.1 Å². The number of nitrogens with zero attached hydrogens (tertiary/aromatic N) is 4. The number of carbonyl (C=O) groups is 2. The highest BCUT2D eigenvalue weighted by Crippen LogP contribution is 2.34. The highest BCUT2D eigenvalue weighted by molar-refractivity contribution is 5.95. The summed E-state index contributed by atoms with van der Waals surface area (Å²) in [5, 5.41) is 2.95. The normalized spacial score (nSPS) is 15.6. The van der Waals surface area contributed by atoms with Gasteiger partial charge >= 0.3 is 0 Å². The molecule has 1 atom stereocenters. The summed E-state index contributed by atoms with van der Waals surface area (Å²) in [6.45, 7) is 3.72. The van der Waals surface area contributed by atoms with Gasteiger partial charge in [0.1, 0.15) is 12.4 Å². The van der Waals surface area contributed by atoms with E-state index in [1.54, 1.807) is 32.7 Å². The van der Waals surface area contributed by atoms with Gasteiger partial charge in [0.15, 0.2) is 0 Å². The first-order valence-corrected chi connectivity index (χ1v) is 9.37. The molecule has 2 heterocycles. The molecule has 8 heteroatoms. The molecule has 3 rings (SSSR count). The molecule has 1 aromatic heterocycles. The number of ether oxygens (including phenoxy) is 1. The first kappa shape index (κ1) is 19.7. The molecule has 8 nitrogen and oxygen atoms in total. The lowest BCUT2D eigenvalue weighted by atomic mass is 10.1. The molecule has 0 radical (unpaired) electrons. The average Bonchev–Trinajstić information content (AvgIpc) is 3.15. The van der Waals surface area contributed by atoms with Gasteiger partial charge in [-0.1, -0.05) is 0 Å². The Hall–Kier alpha value is -3.03. The van der Waals surface area contributed by atoms with E-state index >= 15 is 0 Å². The van der Waals surface area contributed by atoms with E-state index in [0.29, 0.717) is 25.1 Å². The van der Waals surface area contributed by atoms with Crippen LogP contribution in [0.15, 0.2) is 30.7 Å². The van der Waals surface area contributed by atoms with E-state index in [0.717, 1.165) is 23.7 Å². The van der Waals surface area contributed by atoms with Crippen LogP contribution in [0.3, 0.4) is 0 Å². The topological polar surface area (TPSA) is 79.7 Å². The smallest absolute Gasteiger partial charge is 0.253 e. The maximum Gasteiger partial charge on any atom is 0.253 e. The minimum absolute atomic E-state index is 0.0479. The highest BCUT2D eigenvalue weighted by atomic mass is 16.5. The quantitative estimate of drug-likeness (QED) is 0.815. The third kappa shape index (κ3) is 4.11. The number of likely N-dealkylation sites (N-methyl/N-ethyl adjacent to an activating group) is 1. The van der Waals surface area contributed by atoms with Crippen LogP contribution < -0.4 is 15.0 Å². The zero-order valence-electron chi connectivity index (χ0n) is 16.8. The third-order valence-corrected chi connectivity index (χ3v) is 5.00. The van der Waals surface area contributed by atoms with Gasteiger partial charge in [0.2, 0.25) is 5.91 Å². The van der Waals surface area contributed by atoms with E-state index in [4.69, 9.17) is 4.74 Å². The van der Waals surface area contributed by atoms with Gasteiger partial charge in [-0.3, -0.25) is 9.59 Å². The van der Waals surface area contributed by atoms with Crippen LogP contribution in [0.25, 0.3) is 0 Å². The fourth-order valence-corrected chi connectivity index (χ4v) is 3.25. The first-order chi connectivity index (χ1) is 13.4. The van der Waals surface area contributed by atoms with Crippen molar-refractivity contribution in [3.05, 3.63) is 42.0 Å². The summed E-state index contributed by atoms with van der Waals surface area (Å²) in [5.41, 5.74) is 2.39. The molecule has 1 aromatic carbocycles. The molecule has 0 saturated carbocycles. The monoisotopic (exact) mass is 385 g/mol. The van der Waals surface area contributed by atoms with Crippen LogP contribution in [0, 0.1) is 0 Å². The van der Waals surface area contributed by atoms with E-state index in [-0.39, 0.29) is 17.9 Å². The van der Waals surface area contributed by atoms with E-state index in [9.17, 15) is 9.59 Å². The molecule has 0 aliphatic carbocycles. The van der Waals surface area contributed by atoms with Crippen LogP contribution in [0.4, 0.5) is 5.69 Å². The van der Waals surface area contributed by atoms with Gasteiger partial charge in [-0.25, -0.2) is 4.98 Å². The van der Waals surface area contributed by atoms with Crippen molar-refractivity contribution in [2.75, 3.05) is 32.6 Å². The average molecular weight is 385 g/mol. The highest BCUT2D eigenvalue weighted by Gasteiger charge is 2.27. The molecule has 1 aliphatic heterocycles. The molecular formula is C20H27N5O3. The molecule has 0 spiro atoms. The lowest BCUT2D eigenvalue weighted by Crippen LogP contribution is -2.43. The van der Waals surface area contributed by atoms with Gasteiger partial charge in [0, 0.05) is 39.4 Å². The number of amides is 2. The second kappa shape index (κ2) is 8.33. The second-order valence-electron chi connectivity index (χ2n) is 7.11. The summed E-state index contributed by atoms with van der Waals surface area (Å²) in [6, 6.07) is 5.29. The van der Waals surface area contributed by atoms with Gasteiger partial charge in [0.25, 0.3) is 5.91 Å². The number of fused-ring (bicyclic) bond motifs is 1. The maximum atomic E-state index is 12.4. The van der Waals surface area contributed by atoms with Gasteiger partial charge in [-0.2, -0.15) is 0 Å². The number of nitrogens with one attached hydrogen (secondary N) is 1. The number of anilines is 1. The molecule has 2 amide bonds. The van der Waals surface area contributed by atoms with E-state index in [2.05, 4.69) is 10.3 Å². The van der Waals surface area contributed by atoms with Crippen LogP contribution in [0.1, 0.15) is 29.4 Å². The number of carbonyl (C=O) groups excluding carboxylic acids is 2. The van der Waals surface area contributed by atoms with Crippen LogP contribution in [-0.2, 0) is 17.9 Å². The number of aryl methyl sites for hydroxylation is 1. The van der Waals surface area contributed by atoms with E-state index < -0.39 is 0 Å². The van der Waals surface area contributed by atoms with Gasteiger partial charge in [-0.05, 0) is 25.1 Å². The van der Waals surface area contributed by atoms with Gasteiger partial charge in [0.05, 0.1) is 36.7 Å². The Morgan fingerprint density at radius 3 is 2.86 bits per heavy atom. The molecule has 1 unspecified atom stereocenters. The Balaban J connectivity index is 1.64. The Morgan fingerprint density at radius 2 is 2.14 bits per heavy atom. The number of hydrogen-bond acceptors (Lipinski definition) is 5. The molecule has 28 heavy (non-hydrogen) atoms. The summed E-state index contributed by atoms with van der Waals surface area (Å²) >= 11 is 0. The Labute approximate surface area is 165 Å². The van der Waals surface area contributed by atoms with Crippen LogP contribution >= 0.6 is 0 Å². The first-order valence-electron chi connectivity index (χ1n) is 9.37. The Morgan fingerprint density at radius 1 is 1.36 bits per heavy atom. The summed E-state index contributed by atoms with van der Waals surface area (Å²) in [6.07, 6.45) is 3.83. The molecule has 150 valence electrons. The van der Waals surface area contributed by atoms with Crippen molar-refractivity contribution in [3.8, 4) is 5.75 Å². The molecule has 0 fully saturated rings. The molecule has 0 bridgehead atoms. The Bertz CT molecular complexity index is 861. The Kier molecular flexibility index (Phi) is 5.87. The van der Waals surface area contributed by atoms with Crippen molar-refractivity contribution >= 4 is 17.5 Å².